The minimum Gasteiger partial charge on any atom is -0.462 e. The van der Waals surface area contributed by atoms with Crippen molar-refractivity contribution in [1.29, 1.82) is 5.41 Å². The second-order valence-corrected chi connectivity index (χ2v) is 5.61. The molecule has 0 fully saturated rings. The van der Waals surface area contributed by atoms with E-state index >= 15 is 0 Å². The molecule has 1 rings (SSSR count). The summed E-state index contributed by atoms with van der Waals surface area (Å²) in [5.41, 5.74) is 3.13. The topological polar surface area (TPSA) is 62.5 Å². The van der Waals surface area contributed by atoms with E-state index in [2.05, 4.69) is 38.6 Å². The van der Waals surface area contributed by atoms with Crippen molar-refractivity contribution in [1.82, 2.24) is 0 Å². The van der Waals surface area contributed by atoms with Gasteiger partial charge in [-0.15, -0.1) is 0 Å². The monoisotopic (exact) mass is 300 g/mol. The zero-order valence-corrected chi connectivity index (χ0v) is 13.9. The summed E-state index contributed by atoms with van der Waals surface area (Å²) in [6, 6.07) is 6.12. The highest BCUT2D eigenvalue weighted by Gasteiger charge is 2.14. The summed E-state index contributed by atoms with van der Waals surface area (Å²) in [6.45, 7) is 10.4. The van der Waals surface area contributed by atoms with E-state index in [1.807, 2.05) is 18.2 Å². The smallest absolute Gasteiger partial charge is 0.349 e. The van der Waals surface area contributed by atoms with Gasteiger partial charge in [0.1, 0.15) is 5.57 Å². The van der Waals surface area contributed by atoms with Crippen LogP contribution >= 0.6 is 0 Å². The largest absolute Gasteiger partial charge is 0.462 e. The van der Waals surface area contributed by atoms with E-state index in [-0.39, 0.29) is 12.2 Å². The van der Waals surface area contributed by atoms with Crippen LogP contribution in [0.15, 0.2) is 28.8 Å². The van der Waals surface area contributed by atoms with E-state index in [0.717, 1.165) is 16.8 Å². The maximum Gasteiger partial charge on any atom is 0.349 e. The van der Waals surface area contributed by atoms with Crippen LogP contribution < -0.4 is 0 Å². The quantitative estimate of drug-likeness (QED) is 0.481. The molecule has 0 bridgehead atoms. The van der Waals surface area contributed by atoms with Crippen molar-refractivity contribution in [2.45, 2.75) is 46.5 Å². The molecule has 4 heteroatoms. The molecule has 0 amide bonds. The maximum atomic E-state index is 11.7. The number of benzene rings is 1. The fourth-order valence-electron chi connectivity index (χ4n) is 2.13. The van der Waals surface area contributed by atoms with E-state index in [1.54, 1.807) is 6.92 Å². The molecule has 0 aromatic heterocycles. The van der Waals surface area contributed by atoms with Crippen LogP contribution in [-0.2, 0) is 9.53 Å². The maximum absolute atomic E-state index is 11.7. The molecule has 0 atom stereocenters. The lowest BCUT2D eigenvalue weighted by Gasteiger charge is -2.16. The van der Waals surface area contributed by atoms with E-state index in [9.17, 15) is 4.79 Å². The van der Waals surface area contributed by atoms with Crippen molar-refractivity contribution < 1.29 is 9.53 Å². The van der Waals surface area contributed by atoms with Crippen molar-refractivity contribution in [3.63, 3.8) is 0 Å². The molecule has 1 N–H and O–H groups in total. The molecule has 0 spiro atoms. The van der Waals surface area contributed by atoms with Crippen molar-refractivity contribution in [3.05, 3.63) is 34.9 Å². The second kappa shape index (κ2) is 8.30. The van der Waals surface area contributed by atoms with Gasteiger partial charge in [-0.25, -0.2) is 4.79 Å². The molecule has 0 aliphatic heterocycles. The van der Waals surface area contributed by atoms with E-state index in [0.29, 0.717) is 11.8 Å². The molecule has 1 aromatic carbocycles. The van der Waals surface area contributed by atoms with Gasteiger partial charge in [-0.05, 0) is 35.8 Å². The zero-order valence-electron chi connectivity index (χ0n) is 13.9. The number of esters is 1. The van der Waals surface area contributed by atoms with Crippen LogP contribution in [0, 0.1) is 5.41 Å². The predicted molar refractivity (Wildman–Crippen MR) is 90.6 cm³/mol. The normalized spacial score (nSPS) is 11.0. The third-order valence-electron chi connectivity index (χ3n) is 3.30. The van der Waals surface area contributed by atoms with Gasteiger partial charge in [-0.3, -0.25) is 10.4 Å². The molecule has 0 aliphatic carbocycles. The van der Waals surface area contributed by atoms with Crippen molar-refractivity contribution in [2.75, 3.05) is 6.61 Å². The first kappa shape index (κ1) is 17.9. The molecule has 4 nitrogen and oxygen atoms in total. The Morgan fingerprint density at radius 1 is 1.27 bits per heavy atom. The number of para-hydroxylation sites is 1. The van der Waals surface area contributed by atoms with Gasteiger partial charge >= 0.3 is 5.97 Å². The van der Waals surface area contributed by atoms with Crippen LogP contribution in [0.3, 0.4) is 0 Å². The number of hydrogen-bond acceptors (Lipinski definition) is 4. The van der Waals surface area contributed by atoms with Gasteiger partial charge < -0.3 is 4.74 Å². The predicted octanol–water partition coefficient (Wildman–Crippen LogP) is 4.37. The first-order valence-corrected chi connectivity index (χ1v) is 7.56. The summed E-state index contributed by atoms with van der Waals surface area (Å²) >= 11 is 0. The number of ether oxygens (including phenoxy) is 1. The molecule has 0 heterocycles. The Balaban J connectivity index is 3.28. The first-order valence-electron chi connectivity index (χ1n) is 7.56. The first-order chi connectivity index (χ1) is 10.4. The van der Waals surface area contributed by atoms with Gasteiger partial charge in [0.05, 0.1) is 18.5 Å². The fraction of sp³-hybridized carbons (Fsp3) is 0.444. The average Bonchev–Trinajstić information content (AvgIpc) is 2.47. The van der Waals surface area contributed by atoms with Crippen LogP contribution in [0.2, 0.25) is 0 Å². The highest BCUT2D eigenvalue weighted by Crippen LogP contribution is 2.34. The van der Waals surface area contributed by atoms with Gasteiger partial charge in [-0.2, -0.15) is 0 Å². The molecular weight excluding hydrogens is 276 g/mol. The summed E-state index contributed by atoms with van der Waals surface area (Å²) in [4.78, 5) is 16.2. The summed E-state index contributed by atoms with van der Waals surface area (Å²) in [5, 5.41) is 7.23. The molecule has 0 saturated heterocycles. The third kappa shape index (κ3) is 4.40. The molecule has 0 unspecified atom stereocenters. The average molecular weight is 300 g/mol. The van der Waals surface area contributed by atoms with Crippen molar-refractivity contribution >= 4 is 23.7 Å². The zero-order chi connectivity index (χ0) is 16.7. The minimum absolute atomic E-state index is 0.0233. The Bertz CT molecular complexity index is 583. The number of carbonyl (C=O) groups excluding carboxylic acids is 1. The lowest BCUT2D eigenvalue weighted by Crippen LogP contribution is -2.09. The Hall–Kier alpha value is -2.19. The van der Waals surface area contributed by atoms with Gasteiger partial charge in [0.15, 0.2) is 0 Å². The summed E-state index contributed by atoms with van der Waals surface area (Å²) in [6.07, 6.45) is 1.37. The van der Waals surface area contributed by atoms with Crippen LogP contribution in [0.5, 0.6) is 0 Å². The Morgan fingerprint density at radius 2 is 1.82 bits per heavy atom. The summed E-state index contributed by atoms with van der Waals surface area (Å²) < 4.78 is 4.89. The van der Waals surface area contributed by atoms with Crippen LogP contribution in [-0.4, -0.2) is 24.7 Å². The van der Waals surface area contributed by atoms with E-state index < -0.39 is 5.97 Å². The Morgan fingerprint density at radius 3 is 2.23 bits per heavy atom. The van der Waals surface area contributed by atoms with Crippen molar-refractivity contribution in [3.8, 4) is 0 Å². The van der Waals surface area contributed by atoms with Gasteiger partial charge in [-0.1, -0.05) is 45.9 Å². The number of nitrogens with zero attached hydrogens (tertiary/aromatic N) is 1. The fourth-order valence-corrected chi connectivity index (χ4v) is 2.13. The van der Waals surface area contributed by atoms with Gasteiger partial charge in [0.25, 0.3) is 0 Å². The van der Waals surface area contributed by atoms with Crippen LogP contribution in [0.4, 0.5) is 5.69 Å². The Kier molecular flexibility index (Phi) is 6.74. The molecule has 0 saturated carbocycles. The molecule has 0 radical (unpaired) electrons. The van der Waals surface area contributed by atoms with E-state index in [4.69, 9.17) is 10.1 Å². The van der Waals surface area contributed by atoms with Gasteiger partial charge in [0, 0.05) is 0 Å². The van der Waals surface area contributed by atoms with Gasteiger partial charge in [0.2, 0.25) is 0 Å². The SMILES string of the molecule is CCOC(=O)C(=C=N)C=Nc1c(C(C)C)cccc1C(C)C. The van der Waals surface area contributed by atoms with Crippen LogP contribution in [0.1, 0.15) is 57.6 Å². The minimum atomic E-state index is -0.575. The highest BCUT2D eigenvalue weighted by molar-refractivity contribution is 6.17. The summed E-state index contributed by atoms with van der Waals surface area (Å²) in [7, 11) is 0. The number of carbonyl (C=O) groups is 1. The highest BCUT2D eigenvalue weighted by atomic mass is 16.5. The standard InChI is InChI=1S/C18H24N2O2/c1-6-22-18(21)14(10-19)11-20-17-15(12(2)3)8-7-9-16(17)13(4)5/h7-9,11-13,19H,6H2,1-5H3. The lowest BCUT2D eigenvalue weighted by molar-refractivity contribution is -0.137. The van der Waals surface area contributed by atoms with Crippen molar-refractivity contribution in [2.24, 2.45) is 4.99 Å². The third-order valence-corrected chi connectivity index (χ3v) is 3.30. The number of rotatable bonds is 6. The number of hydrogen-bond donors (Lipinski definition) is 1. The lowest BCUT2D eigenvalue weighted by atomic mass is 9.93. The van der Waals surface area contributed by atoms with E-state index in [1.165, 1.54) is 6.21 Å². The number of aliphatic imine (C=N–C) groups is 1. The Labute approximate surface area is 132 Å². The molecular formula is C18H24N2O2. The molecule has 0 aliphatic rings. The second-order valence-electron chi connectivity index (χ2n) is 5.61. The molecule has 22 heavy (non-hydrogen) atoms. The molecule has 118 valence electrons. The number of nitrogens with one attached hydrogen (secondary N) is 1. The molecule has 1 aromatic rings. The van der Waals surface area contributed by atoms with Crippen LogP contribution in [0.25, 0.3) is 0 Å². The summed E-state index contributed by atoms with van der Waals surface area (Å²) in [5.74, 6) is 2.16.